The van der Waals surface area contributed by atoms with E-state index in [1.807, 2.05) is 19.2 Å². The summed E-state index contributed by atoms with van der Waals surface area (Å²) < 4.78 is 0. The van der Waals surface area contributed by atoms with Crippen LogP contribution in [0.5, 0.6) is 0 Å². The largest absolute Gasteiger partial charge is 0.310 e. The van der Waals surface area contributed by atoms with Gasteiger partial charge in [0.05, 0.1) is 6.04 Å². The summed E-state index contributed by atoms with van der Waals surface area (Å²) >= 11 is 0. The van der Waals surface area contributed by atoms with Crippen molar-refractivity contribution in [2.75, 3.05) is 7.05 Å². The summed E-state index contributed by atoms with van der Waals surface area (Å²) in [6.45, 7) is 6.37. The second-order valence-electron chi connectivity index (χ2n) is 6.66. The molecule has 0 fully saturated rings. The molecule has 0 spiro atoms. The normalized spacial score (nSPS) is 11.1. The Morgan fingerprint density at radius 2 is 1.31 bits per heavy atom. The van der Waals surface area contributed by atoms with Gasteiger partial charge >= 0.3 is 0 Å². The van der Waals surface area contributed by atoms with Crippen LogP contribution in [0.2, 0.25) is 0 Å². The molecule has 0 aliphatic heterocycles. The van der Waals surface area contributed by atoms with E-state index in [1.54, 1.807) is 0 Å². The topological polar surface area (TPSA) is 12.0 Å². The van der Waals surface area contributed by atoms with Gasteiger partial charge < -0.3 is 5.32 Å². The molecule has 3 rings (SSSR count). The Labute approximate surface area is 158 Å². The quantitative estimate of drug-likeness (QED) is 0.528. The van der Waals surface area contributed by atoms with E-state index in [2.05, 4.69) is 105 Å². The summed E-state index contributed by atoms with van der Waals surface area (Å²) in [5.41, 5.74) is 6.53. The Morgan fingerprint density at radius 1 is 0.769 bits per heavy atom. The van der Waals surface area contributed by atoms with Gasteiger partial charge in [0.25, 0.3) is 0 Å². The van der Waals surface area contributed by atoms with Crippen molar-refractivity contribution in [3.05, 3.63) is 108 Å². The van der Waals surface area contributed by atoms with Crippen LogP contribution in [0.15, 0.2) is 96.6 Å². The molecule has 3 aromatic carbocycles. The minimum Gasteiger partial charge on any atom is -0.310 e. The molecule has 0 aliphatic rings. The number of aryl methyl sites for hydroxylation is 1. The van der Waals surface area contributed by atoms with Crippen LogP contribution in [-0.4, -0.2) is 7.05 Å². The molecule has 0 aliphatic carbocycles. The molecule has 0 amide bonds. The first-order valence-corrected chi connectivity index (χ1v) is 9.09. The van der Waals surface area contributed by atoms with Crippen LogP contribution in [0.4, 0.5) is 0 Å². The van der Waals surface area contributed by atoms with E-state index in [9.17, 15) is 0 Å². The SMILES string of the molecule is CNC(C=C(C)C)c1cccc(C)c1.c1ccc(-c2ccccc2)cc1. The number of hydrogen-bond donors (Lipinski definition) is 1. The molecule has 1 heteroatoms. The van der Waals surface area contributed by atoms with E-state index in [0.29, 0.717) is 6.04 Å². The standard InChI is InChI=1S/C13H19N.C12H10/c1-10(2)8-13(14-4)12-7-5-6-11(3)9-12;1-3-7-11(8-4-1)12-9-5-2-6-10-12/h5-9,13-14H,1-4H3;1-10H. The fourth-order valence-electron chi connectivity index (χ4n) is 2.80. The summed E-state index contributed by atoms with van der Waals surface area (Å²) in [7, 11) is 1.99. The Hall–Kier alpha value is -2.64. The third-order valence-electron chi connectivity index (χ3n) is 4.09. The molecule has 0 heterocycles. The fourth-order valence-corrected chi connectivity index (χ4v) is 2.80. The lowest BCUT2D eigenvalue weighted by atomic mass is 10.0. The van der Waals surface area contributed by atoms with E-state index < -0.39 is 0 Å². The average molecular weight is 344 g/mol. The first-order valence-electron chi connectivity index (χ1n) is 9.09. The second-order valence-corrected chi connectivity index (χ2v) is 6.66. The molecule has 1 unspecified atom stereocenters. The zero-order valence-electron chi connectivity index (χ0n) is 16.2. The van der Waals surface area contributed by atoms with Gasteiger partial charge in [0.15, 0.2) is 0 Å². The molecule has 3 aromatic rings. The first kappa shape index (κ1) is 19.7. The van der Waals surface area contributed by atoms with Gasteiger partial charge in [-0.25, -0.2) is 0 Å². The van der Waals surface area contributed by atoms with Crippen molar-refractivity contribution < 1.29 is 0 Å². The van der Waals surface area contributed by atoms with E-state index in [4.69, 9.17) is 0 Å². The molecule has 1 N–H and O–H groups in total. The van der Waals surface area contributed by atoms with Crippen LogP contribution in [0, 0.1) is 6.92 Å². The monoisotopic (exact) mass is 343 g/mol. The molecule has 1 atom stereocenters. The summed E-state index contributed by atoms with van der Waals surface area (Å²) in [6, 6.07) is 29.7. The Kier molecular flexibility index (Phi) is 7.85. The average Bonchev–Trinajstić information content (AvgIpc) is 2.68. The zero-order chi connectivity index (χ0) is 18.8. The lowest BCUT2D eigenvalue weighted by molar-refractivity contribution is 0.709. The summed E-state index contributed by atoms with van der Waals surface area (Å²) in [4.78, 5) is 0. The van der Waals surface area contributed by atoms with E-state index in [0.717, 1.165) is 0 Å². The van der Waals surface area contributed by atoms with Gasteiger partial charge in [-0.2, -0.15) is 0 Å². The van der Waals surface area contributed by atoms with E-state index in [-0.39, 0.29) is 0 Å². The van der Waals surface area contributed by atoms with Gasteiger partial charge in [-0.05, 0) is 44.5 Å². The highest BCUT2D eigenvalue weighted by Crippen LogP contribution is 2.17. The maximum atomic E-state index is 3.30. The number of rotatable bonds is 4. The van der Waals surface area contributed by atoms with Gasteiger partial charge in [0, 0.05) is 0 Å². The number of hydrogen-bond acceptors (Lipinski definition) is 1. The van der Waals surface area contributed by atoms with Crippen LogP contribution < -0.4 is 5.32 Å². The molecule has 0 saturated heterocycles. The van der Waals surface area contributed by atoms with Gasteiger partial charge in [0.2, 0.25) is 0 Å². The highest BCUT2D eigenvalue weighted by Gasteiger charge is 2.04. The second kappa shape index (κ2) is 10.4. The zero-order valence-corrected chi connectivity index (χ0v) is 16.2. The van der Waals surface area contributed by atoms with Gasteiger partial charge in [-0.15, -0.1) is 0 Å². The maximum Gasteiger partial charge on any atom is 0.0506 e. The highest BCUT2D eigenvalue weighted by molar-refractivity contribution is 5.62. The van der Waals surface area contributed by atoms with Crippen molar-refractivity contribution >= 4 is 0 Å². The fraction of sp³-hybridized carbons (Fsp3) is 0.200. The Balaban J connectivity index is 0.000000189. The molecular weight excluding hydrogens is 314 g/mol. The molecule has 0 bridgehead atoms. The molecule has 26 heavy (non-hydrogen) atoms. The van der Waals surface area contributed by atoms with Crippen molar-refractivity contribution in [1.29, 1.82) is 0 Å². The third-order valence-corrected chi connectivity index (χ3v) is 4.09. The molecule has 134 valence electrons. The van der Waals surface area contributed by atoms with Crippen molar-refractivity contribution in [3.63, 3.8) is 0 Å². The van der Waals surface area contributed by atoms with Crippen LogP contribution >= 0.6 is 0 Å². The Morgan fingerprint density at radius 3 is 1.73 bits per heavy atom. The van der Waals surface area contributed by atoms with Gasteiger partial charge in [0.1, 0.15) is 0 Å². The molecule has 0 saturated carbocycles. The number of nitrogens with one attached hydrogen (secondary N) is 1. The predicted octanol–water partition coefficient (Wildman–Crippen LogP) is 6.58. The van der Waals surface area contributed by atoms with Crippen molar-refractivity contribution in [1.82, 2.24) is 5.32 Å². The van der Waals surface area contributed by atoms with Crippen molar-refractivity contribution in [2.24, 2.45) is 0 Å². The summed E-state index contributed by atoms with van der Waals surface area (Å²) in [5, 5.41) is 3.30. The van der Waals surface area contributed by atoms with Crippen molar-refractivity contribution in [3.8, 4) is 11.1 Å². The number of benzene rings is 3. The molecule has 1 nitrogen and oxygen atoms in total. The van der Waals surface area contributed by atoms with Crippen LogP contribution in [-0.2, 0) is 0 Å². The smallest absolute Gasteiger partial charge is 0.0506 e. The van der Waals surface area contributed by atoms with Crippen LogP contribution in [0.3, 0.4) is 0 Å². The third kappa shape index (κ3) is 6.34. The van der Waals surface area contributed by atoms with Crippen molar-refractivity contribution in [2.45, 2.75) is 26.8 Å². The van der Waals surface area contributed by atoms with E-state index in [1.165, 1.54) is 27.8 Å². The minimum absolute atomic E-state index is 0.333. The number of allylic oxidation sites excluding steroid dienone is 1. The predicted molar refractivity (Wildman–Crippen MR) is 114 cm³/mol. The summed E-state index contributed by atoms with van der Waals surface area (Å²) in [6.07, 6.45) is 2.24. The maximum absolute atomic E-state index is 3.30. The molecule has 0 radical (unpaired) electrons. The van der Waals surface area contributed by atoms with Gasteiger partial charge in [-0.1, -0.05) is 102 Å². The minimum atomic E-state index is 0.333. The van der Waals surface area contributed by atoms with E-state index >= 15 is 0 Å². The number of likely N-dealkylation sites (N-methyl/N-ethyl adjacent to an activating group) is 1. The molecular formula is C25H29N. The van der Waals surface area contributed by atoms with Gasteiger partial charge in [-0.3, -0.25) is 0 Å². The lowest BCUT2D eigenvalue weighted by Crippen LogP contribution is -2.14. The Bertz CT molecular complexity index is 762. The summed E-state index contributed by atoms with van der Waals surface area (Å²) in [5.74, 6) is 0. The van der Waals surface area contributed by atoms with Crippen LogP contribution in [0.1, 0.15) is 31.0 Å². The first-order chi connectivity index (χ1) is 12.6. The molecule has 0 aromatic heterocycles. The lowest BCUT2D eigenvalue weighted by Gasteiger charge is -2.13. The highest BCUT2D eigenvalue weighted by atomic mass is 14.9. The van der Waals surface area contributed by atoms with Crippen LogP contribution in [0.25, 0.3) is 11.1 Å².